The highest BCUT2D eigenvalue weighted by atomic mass is 16.5. The van der Waals surface area contributed by atoms with Gasteiger partial charge < -0.3 is 9.47 Å². The SMILES string of the molecule is CCOC(CC)(CC)CCCC(=CCOc1ccc(CC)cc1)CC. The van der Waals surface area contributed by atoms with Gasteiger partial charge in [0.1, 0.15) is 12.4 Å². The van der Waals surface area contributed by atoms with Crippen molar-refractivity contribution in [1.82, 2.24) is 0 Å². The van der Waals surface area contributed by atoms with E-state index in [4.69, 9.17) is 9.47 Å². The first-order valence-corrected chi connectivity index (χ1v) is 10.2. The summed E-state index contributed by atoms with van der Waals surface area (Å²) in [6, 6.07) is 8.42. The summed E-state index contributed by atoms with van der Waals surface area (Å²) in [5.41, 5.74) is 2.91. The number of hydrogen-bond acceptors (Lipinski definition) is 2. The van der Waals surface area contributed by atoms with Crippen molar-refractivity contribution in [3.8, 4) is 5.75 Å². The molecule has 25 heavy (non-hydrogen) atoms. The predicted molar refractivity (Wildman–Crippen MR) is 108 cm³/mol. The third-order valence-corrected chi connectivity index (χ3v) is 5.28. The van der Waals surface area contributed by atoms with E-state index in [9.17, 15) is 0 Å². The Hall–Kier alpha value is -1.28. The summed E-state index contributed by atoms with van der Waals surface area (Å²) < 4.78 is 11.9. The van der Waals surface area contributed by atoms with Crippen LogP contribution in [0.15, 0.2) is 35.9 Å². The maximum Gasteiger partial charge on any atom is 0.119 e. The lowest BCUT2D eigenvalue weighted by molar-refractivity contribution is -0.0523. The lowest BCUT2D eigenvalue weighted by Gasteiger charge is -2.31. The predicted octanol–water partition coefficient (Wildman–Crippen LogP) is 6.73. The van der Waals surface area contributed by atoms with Gasteiger partial charge in [-0.1, -0.05) is 45.4 Å². The minimum absolute atomic E-state index is 0.0745. The van der Waals surface area contributed by atoms with Gasteiger partial charge in [-0.05, 0) is 75.6 Å². The first-order chi connectivity index (χ1) is 12.1. The van der Waals surface area contributed by atoms with Crippen LogP contribution in [0.3, 0.4) is 0 Å². The fraction of sp³-hybridized carbons (Fsp3) is 0.652. The Labute approximate surface area is 155 Å². The highest BCUT2D eigenvalue weighted by Crippen LogP contribution is 2.28. The summed E-state index contributed by atoms with van der Waals surface area (Å²) in [7, 11) is 0. The van der Waals surface area contributed by atoms with Gasteiger partial charge in [0.2, 0.25) is 0 Å². The number of hydrogen-bond donors (Lipinski definition) is 0. The first kappa shape index (κ1) is 21.8. The standard InChI is InChI=1S/C23H38O2/c1-6-20(12-11-18-23(8-3,9-4)25-10-5)17-19-24-22-15-13-21(7-2)14-16-22/h13-17H,6-12,18-19H2,1-5H3. The average Bonchev–Trinajstić information content (AvgIpc) is 2.66. The molecule has 142 valence electrons. The van der Waals surface area contributed by atoms with E-state index in [0.717, 1.165) is 50.9 Å². The molecule has 0 aliphatic heterocycles. The molecule has 1 rings (SSSR count). The van der Waals surface area contributed by atoms with Gasteiger partial charge in [-0.25, -0.2) is 0 Å². The second-order valence-electron chi connectivity index (χ2n) is 6.70. The van der Waals surface area contributed by atoms with Crippen LogP contribution in [0, 0.1) is 0 Å². The first-order valence-electron chi connectivity index (χ1n) is 10.2. The van der Waals surface area contributed by atoms with Crippen LogP contribution in [0.1, 0.15) is 78.7 Å². The summed E-state index contributed by atoms with van der Waals surface area (Å²) in [5.74, 6) is 0.955. The lowest BCUT2D eigenvalue weighted by Crippen LogP contribution is -2.31. The molecule has 0 aliphatic carbocycles. The second kappa shape index (κ2) is 12.1. The van der Waals surface area contributed by atoms with Crippen molar-refractivity contribution in [2.75, 3.05) is 13.2 Å². The molecule has 0 N–H and O–H groups in total. The van der Waals surface area contributed by atoms with Crippen LogP contribution in [0.4, 0.5) is 0 Å². The molecule has 0 amide bonds. The summed E-state index contributed by atoms with van der Waals surface area (Å²) in [5, 5.41) is 0. The minimum atomic E-state index is 0.0745. The number of allylic oxidation sites excluding steroid dienone is 1. The molecular formula is C23H38O2. The quantitative estimate of drug-likeness (QED) is 0.369. The Bertz CT molecular complexity index is 483. The summed E-state index contributed by atoms with van der Waals surface area (Å²) >= 11 is 0. The number of aryl methyl sites for hydroxylation is 1. The molecule has 2 nitrogen and oxygen atoms in total. The Morgan fingerprint density at radius 1 is 1.00 bits per heavy atom. The van der Waals surface area contributed by atoms with Crippen LogP contribution in [0.2, 0.25) is 0 Å². The normalized spacial score (nSPS) is 12.4. The molecule has 0 unspecified atom stereocenters. The smallest absolute Gasteiger partial charge is 0.119 e. The van der Waals surface area contributed by atoms with Crippen molar-refractivity contribution >= 4 is 0 Å². The number of rotatable bonds is 13. The topological polar surface area (TPSA) is 18.5 Å². The van der Waals surface area contributed by atoms with Crippen molar-refractivity contribution in [3.63, 3.8) is 0 Å². The summed E-state index contributed by atoms with van der Waals surface area (Å²) in [6.45, 7) is 12.5. The van der Waals surface area contributed by atoms with Crippen molar-refractivity contribution < 1.29 is 9.47 Å². The minimum Gasteiger partial charge on any atom is -0.490 e. The largest absolute Gasteiger partial charge is 0.490 e. The van der Waals surface area contributed by atoms with Gasteiger partial charge in [0.05, 0.1) is 5.60 Å². The molecular weight excluding hydrogens is 308 g/mol. The molecule has 0 radical (unpaired) electrons. The summed E-state index contributed by atoms with van der Waals surface area (Å²) in [6.07, 6.45) is 10.1. The van der Waals surface area contributed by atoms with Gasteiger partial charge in [-0.15, -0.1) is 0 Å². The van der Waals surface area contributed by atoms with E-state index in [2.05, 4.69) is 65.0 Å². The molecule has 1 aromatic carbocycles. The molecule has 0 aromatic heterocycles. The summed E-state index contributed by atoms with van der Waals surface area (Å²) in [4.78, 5) is 0. The van der Waals surface area contributed by atoms with Crippen LogP contribution in [-0.2, 0) is 11.2 Å². The zero-order chi connectivity index (χ0) is 18.5. The Morgan fingerprint density at radius 3 is 2.20 bits per heavy atom. The maximum absolute atomic E-state index is 6.06. The third-order valence-electron chi connectivity index (χ3n) is 5.28. The fourth-order valence-corrected chi connectivity index (χ4v) is 3.32. The van der Waals surface area contributed by atoms with Crippen molar-refractivity contribution in [1.29, 1.82) is 0 Å². The molecule has 1 aromatic rings. The van der Waals surface area contributed by atoms with Gasteiger partial charge in [0.25, 0.3) is 0 Å². The molecule has 0 aliphatic rings. The van der Waals surface area contributed by atoms with E-state index < -0.39 is 0 Å². The van der Waals surface area contributed by atoms with Crippen LogP contribution in [0.25, 0.3) is 0 Å². The highest BCUT2D eigenvalue weighted by molar-refractivity contribution is 5.27. The monoisotopic (exact) mass is 346 g/mol. The van der Waals surface area contributed by atoms with E-state index in [1.165, 1.54) is 17.6 Å². The van der Waals surface area contributed by atoms with Crippen molar-refractivity contribution in [2.24, 2.45) is 0 Å². The lowest BCUT2D eigenvalue weighted by atomic mass is 9.89. The van der Waals surface area contributed by atoms with Gasteiger partial charge in [0, 0.05) is 6.61 Å². The van der Waals surface area contributed by atoms with Crippen LogP contribution < -0.4 is 4.74 Å². The number of ether oxygens (including phenoxy) is 2. The highest BCUT2D eigenvalue weighted by Gasteiger charge is 2.25. The van der Waals surface area contributed by atoms with Crippen molar-refractivity contribution in [3.05, 3.63) is 41.5 Å². The average molecular weight is 347 g/mol. The van der Waals surface area contributed by atoms with Crippen LogP contribution in [-0.4, -0.2) is 18.8 Å². The van der Waals surface area contributed by atoms with Crippen LogP contribution >= 0.6 is 0 Å². The molecule has 0 fully saturated rings. The van der Waals surface area contributed by atoms with E-state index in [-0.39, 0.29) is 5.60 Å². The van der Waals surface area contributed by atoms with E-state index in [1.54, 1.807) is 0 Å². The van der Waals surface area contributed by atoms with Crippen LogP contribution in [0.5, 0.6) is 5.75 Å². The molecule has 0 atom stereocenters. The van der Waals surface area contributed by atoms with Gasteiger partial charge in [0.15, 0.2) is 0 Å². The maximum atomic E-state index is 6.06. The van der Waals surface area contributed by atoms with Gasteiger partial charge >= 0.3 is 0 Å². The zero-order valence-electron chi connectivity index (χ0n) is 17.1. The Balaban J connectivity index is 2.45. The Morgan fingerprint density at radius 2 is 1.68 bits per heavy atom. The Kier molecular flexibility index (Phi) is 10.6. The van der Waals surface area contributed by atoms with E-state index in [0.29, 0.717) is 6.61 Å². The molecule has 0 heterocycles. The third kappa shape index (κ3) is 7.64. The van der Waals surface area contributed by atoms with E-state index in [1.807, 2.05) is 0 Å². The number of benzene rings is 1. The molecule has 0 saturated heterocycles. The van der Waals surface area contributed by atoms with Gasteiger partial charge in [-0.3, -0.25) is 0 Å². The fourth-order valence-electron chi connectivity index (χ4n) is 3.32. The zero-order valence-corrected chi connectivity index (χ0v) is 17.1. The molecule has 0 spiro atoms. The van der Waals surface area contributed by atoms with E-state index >= 15 is 0 Å². The van der Waals surface area contributed by atoms with Gasteiger partial charge in [-0.2, -0.15) is 0 Å². The molecule has 2 heteroatoms. The molecule has 0 bridgehead atoms. The molecule has 0 saturated carbocycles. The second-order valence-corrected chi connectivity index (χ2v) is 6.70. The van der Waals surface area contributed by atoms with Crippen molar-refractivity contribution in [2.45, 2.75) is 85.2 Å².